The maximum absolute atomic E-state index is 11.8. The second kappa shape index (κ2) is 6.92. The van der Waals surface area contributed by atoms with Crippen LogP contribution in [0.15, 0.2) is 0 Å². The molecule has 5 nitrogen and oxygen atoms in total. The number of carboxylic acid groups (broad SMARTS) is 1. The van der Waals surface area contributed by atoms with Gasteiger partial charge in [0.2, 0.25) is 5.91 Å². The molecule has 0 aliphatic heterocycles. The quantitative estimate of drug-likeness (QED) is 0.782. The van der Waals surface area contributed by atoms with Gasteiger partial charge in [-0.2, -0.15) is 13.2 Å². The Balaban J connectivity index is 2.36. The van der Waals surface area contributed by atoms with Crippen LogP contribution in [0.3, 0.4) is 0 Å². The van der Waals surface area contributed by atoms with Crippen LogP contribution in [0.1, 0.15) is 32.1 Å². The smallest absolute Gasteiger partial charge is 0.411 e. The van der Waals surface area contributed by atoms with E-state index < -0.39 is 36.7 Å². The molecule has 0 aromatic heterocycles. The first-order valence-corrected chi connectivity index (χ1v) is 6.40. The normalized spacial score (nSPS) is 18.6. The minimum Gasteiger partial charge on any atom is -0.481 e. The van der Waals surface area contributed by atoms with Crippen LogP contribution in [0, 0.1) is 5.41 Å². The highest BCUT2D eigenvalue weighted by Crippen LogP contribution is 2.35. The van der Waals surface area contributed by atoms with Crippen molar-refractivity contribution >= 4 is 11.9 Å². The molecule has 0 radical (unpaired) electrons. The van der Waals surface area contributed by atoms with Gasteiger partial charge in [0.25, 0.3) is 0 Å². The van der Waals surface area contributed by atoms with Gasteiger partial charge in [0.05, 0.1) is 5.41 Å². The Bertz CT molecular complexity index is 351. The molecule has 20 heavy (non-hydrogen) atoms. The van der Waals surface area contributed by atoms with E-state index in [0.29, 0.717) is 12.8 Å². The van der Waals surface area contributed by atoms with Gasteiger partial charge < -0.3 is 15.2 Å². The summed E-state index contributed by atoms with van der Waals surface area (Å²) >= 11 is 0. The summed E-state index contributed by atoms with van der Waals surface area (Å²) in [6, 6.07) is 0. The van der Waals surface area contributed by atoms with Crippen LogP contribution in [-0.2, 0) is 14.3 Å². The fraction of sp³-hybridized carbons (Fsp3) is 0.833. The number of alkyl halides is 3. The predicted molar refractivity (Wildman–Crippen MR) is 63.0 cm³/mol. The van der Waals surface area contributed by atoms with E-state index in [1.54, 1.807) is 0 Å². The summed E-state index contributed by atoms with van der Waals surface area (Å²) in [5.74, 6) is -1.71. The Morgan fingerprint density at radius 1 is 1.20 bits per heavy atom. The first-order valence-electron chi connectivity index (χ1n) is 6.40. The lowest BCUT2D eigenvalue weighted by Crippen LogP contribution is -2.45. The Morgan fingerprint density at radius 3 is 2.30 bits per heavy atom. The highest BCUT2D eigenvalue weighted by Gasteiger charge is 2.39. The second-order valence-corrected chi connectivity index (χ2v) is 5.03. The molecule has 0 heterocycles. The van der Waals surface area contributed by atoms with E-state index >= 15 is 0 Å². The van der Waals surface area contributed by atoms with Crippen molar-refractivity contribution in [2.24, 2.45) is 5.41 Å². The third kappa shape index (κ3) is 5.36. The van der Waals surface area contributed by atoms with Crippen molar-refractivity contribution in [3.63, 3.8) is 0 Å². The lowest BCUT2D eigenvalue weighted by atomic mass is 9.74. The molecule has 1 aliphatic rings. The minimum atomic E-state index is -4.48. The number of hydrogen-bond donors (Lipinski definition) is 2. The first-order chi connectivity index (χ1) is 9.25. The summed E-state index contributed by atoms with van der Waals surface area (Å²) in [5, 5.41) is 11.6. The number of carbonyl (C=O) groups is 2. The number of rotatable bonds is 6. The van der Waals surface area contributed by atoms with Crippen molar-refractivity contribution < 1.29 is 32.6 Å². The van der Waals surface area contributed by atoms with Crippen LogP contribution < -0.4 is 5.32 Å². The van der Waals surface area contributed by atoms with Crippen LogP contribution in [0.5, 0.6) is 0 Å². The molecule has 8 heteroatoms. The number of halogens is 3. The van der Waals surface area contributed by atoms with Crippen LogP contribution in [0.2, 0.25) is 0 Å². The van der Waals surface area contributed by atoms with Gasteiger partial charge in [0, 0.05) is 6.54 Å². The minimum absolute atomic E-state index is 0.0729. The fourth-order valence-electron chi connectivity index (χ4n) is 2.27. The van der Waals surface area contributed by atoms with E-state index in [0.717, 1.165) is 19.3 Å². The van der Waals surface area contributed by atoms with Gasteiger partial charge in [-0.05, 0) is 12.8 Å². The monoisotopic (exact) mass is 297 g/mol. The Morgan fingerprint density at radius 2 is 1.80 bits per heavy atom. The molecule has 116 valence electrons. The first kappa shape index (κ1) is 16.7. The summed E-state index contributed by atoms with van der Waals surface area (Å²) in [5.41, 5.74) is -1.00. The van der Waals surface area contributed by atoms with E-state index in [1.807, 2.05) is 0 Å². The summed E-state index contributed by atoms with van der Waals surface area (Å²) in [6.45, 7) is -2.30. The summed E-state index contributed by atoms with van der Waals surface area (Å²) in [4.78, 5) is 22.6. The number of hydrogen-bond acceptors (Lipinski definition) is 3. The third-order valence-electron chi connectivity index (χ3n) is 3.39. The molecule has 0 atom stereocenters. The molecule has 2 N–H and O–H groups in total. The molecular formula is C12H18F3NO4. The van der Waals surface area contributed by atoms with E-state index in [-0.39, 0.29) is 6.54 Å². The SMILES string of the molecule is O=C(COCC(F)(F)F)NCC1(C(=O)O)CCCCC1. The van der Waals surface area contributed by atoms with Crippen molar-refractivity contribution in [3.05, 3.63) is 0 Å². The Hall–Kier alpha value is -1.31. The van der Waals surface area contributed by atoms with Crippen LogP contribution in [0.25, 0.3) is 0 Å². The van der Waals surface area contributed by atoms with Gasteiger partial charge in [-0.1, -0.05) is 19.3 Å². The highest BCUT2D eigenvalue weighted by atomic mass is 19.4. The average molecular weight is 297 g/mol. The van der Waals surface area contributed by atoms with Crippen molar-refractivity contribution in [2.45, 2.75) is 38.3 Å². The molecule has 0 aromatic rings. The van der Waals surface area contributed by atoms with Crippen molar-refractivity contribution in [1.29, 1.82) is 0 Å². The number of aliphatic carboxylic acids is 1. The van der Waals surface area contributed by atoms with E-state index in [2.05, 4.69) is 10.1 Å². The summed E-state index contributed by atoms with van der Waals surface area (Å²) < 4.78 is 39.7. The zero-order chi connectivity index (χ0) is 15.2. The largest absolute Gasteiger partial charge is 0.481 e. The number of ether oxygens (including phenoxy) is 1. The number of carbonyl (C=O) groups excluding carboxylic acids is 1. The van der Waals surface area contributed by atoms with Crippen LogP contribution in [0.4, 0.5) is 13.2 Å². The van der Waals surface area contributed by atoms with E-state index in [9.17, 15) is 27.9 Å². The molecule has 1 rings (SSSR count). The van der Waals surface area contributed by atoms with Crippen molar-refractivity contribution in [1.82, 2.24) is 5.32 Å². The maximum Gasteiger partial charge on any atom is 0.411 e. The standard InChI is InChI=1S/C12H18F3NO4/c13-12(14,15)8-20-6-9(17)16-7-11(10(18)19)4-2-1-3-5-11/h1-8H2,(H,16,17)(H,18,19). The zero-order valence-electron chi connectivity index (χ0n) is 11.0. The third-order valence-corrected chi connectivity index (χ3v) is 3.39. The van der Waals surface area contributed by atoms with Gasteiger partial charge in [-0.3, -0.25) is 9.59 Å². The number of nitrogens with one attached hydrogen (secondary N) is 1. The molecule has 0 spiro atoms. The molecule has 0 bridgehead atoms. The van der Waals surface area contributed by atoms with Gasteiger partial charge in [0.15, 0.2) is 0 Å². The van der Waals surface area contributed by atoms with Gasteiger partial charge in [-0.15, -0.1) is 0 Å². The molecule has 1 saturated carbocycles. The molecule has 1 amide bonds. The lowest BCUT2D eigenvalue weighted by Gasteiger charge is -2.33. The molecule has 1 aliphatic carbocycles. The lowest BCUT2D eigenvalue weighted by molar-refractivity contribution is -0.175. The second-order valence-electron chi connectivity index (χ2n) is 5.03. The molecular weight excluding hydrogens is 279 g/mol. The van der Waals surface area contributed by atoms with Gasteiger partial charge >= 0.3 is 12.1 Å². The number of carboxylic acids is 1. The molecule has 0 saturated heterocycles. The molecule has 0 aromatic carbocycles. The van der Waals surface area contributed by atoms with E-state index in [1.165, 1.54) is 0 Å². The zero-order valence-corrected chi connectivity index (χ0v) is 11.0. The average Bonchev–Trinajstić information content (AvgIpc) is 2.36. The van der Waals surface area contributed by atoms with Crippen molar-refractivity contribution in [3.8, 4) is 0 Å². The Labute approximate surface area is 114 Å². The molecule has 1 fully saturated rings. The Kier molecular flexibility index (Phi) is 5.79. The predicted octanol–water partition coefficient (Wildman–Crippen LogP) is 1.72. The van der Waals surface area contributed by atoms with Gasteiger partial charge in [0.1, 0.15) is 13.2 Å². The summed E-state index contributed by atoms with van der Waals surface area (Å²) in [6.07, 6.45) is -1.05. The summed E-state index contributed by atoms with van der Waals surface area (Å²) in [7, 11) is 0. The molecule has 0 unspecified atom stereocenters. The fourth-order valence-corrected chi connectivity index (χ4v) is 2.27. The maximum atomic E-state index is 11.8. The van der Waals surface area contributed by atoms with E-state index in [4.69, 9.17) is 0 Å². The number of amides is 1. The van der Waals surface area contributed by atoms with Crippen LogP contribution in [-0.4, -0.2) is 42.9 Å². The van der Waals surface area contributed by atoms with Crippen LogP contribution >= 0.6 is 0 Å². The highest BCUT2D eigenvalue weighted by molar-refractivity contribution is 5.79. The van der Waals surface area contributed by atoms with Gasteiger partial charge in [-0.25, -0.2) is 0 Å². The van der Waals surface area contributed by atoms with Crippen molar-refractivity contribution in [2.75, 3.05) is 19.8 Å². The topological polar surface area (TPSA) is 75.6 Å².